The van der Waals surface area contributed by atoms with E-state index in [0.29, 0.717) is 50.2 Å². The number of ether oxygens (including phenoxy) is 4. The highest BCUT2D eigenvalue weighted by atomic mass is 16.6. The number of nitrogens with one attached hydrogen (secondary N) is 1. The van der Waals surface area contributed by atoms with Gasteiger partial charge in [0.1, 0.15) is 11.2 Å². The average Bonchev–Trinajstić information content (AvgIpc) is 3.91. The summed E-state index contributed by atoms with van der Waals surface area (Å²) in [5.41, 5.74) is -0.857. The standard InChI is InChI=1S/C46H58N4O9/c1-8-27-24-49-19-15-30-29-13-10-11-14-33(29)47-37(30)45(41(53)57-6,23-28(25-49)36(27)52)32-21-31-34(22-35(32)56-5)48(4)39-44(31)17-20-50-18-12-16-43(9-2,38(44)50)40(59-26(3)51)46(39,55)42(54)58-7/h10-14,16,21-22,27-28,36,38-40,47,52,55H,8-9,15,17-20,23-25H2,1-7H3/t27-,28-,36-,38-,39+,40+,43+,44+,45-,46-/m0/s1. The number of rotatable bonds is 7. The average molecular weight is 811 g/mol. The molecule has 5 aliphatic heterocycles. The molecule has 0 radical (unpaired) electrons. The maximum Gasteiger partial charge on any atom is 0.344 e. The molecule has 6 heterocycles. The van der Waals surface area contributed by atoms with Crippen LogP contribution in [0, 0.1) is 17.3 Å². The van der Waals surface area contributed by atoms with Gasteiger partial charge in [0.2, 0.25) is 5.60 Å². The summed E-state index contributed by atoms with van der Waals surface area (Å²) in [4.78, 5) is 53.2. The highest BCUT2D eigenvalue weighted by Crippen LogP contribution is 2.68. The minimum Gasteiger partial charge on any atom is -0.496 e. The number of hydrogen-bond donors (Lipinski definition) is 3. The summed E-state index contributed by atoms with van der Waals surface area (Å²) in [5.74, 6) is -1.78. The molecule has 6 aliphatic rings. The lowest BCUT2D eigenvalue weighted by Gasteiger charge is -2.63. The van der Waals surface area contributed by atoms with Crippen molar-refractivity contribution in [2.75, 3.05) is 66.0 Å². The lowest BCUT2D eigenvalue weighted by molar-refractivity contribution is -0.228. The summed E-state index contributed by atoms with van der Waals surface area (Å²) >= 11 is 0. The number of para-hydroxylation sites is 1. The van der Waals surface area contributed by atoms with Crippen LogP contribution < -0.4 is 9.64 Å². The van der Waals surface area contributed by atoms with Crippen LogP contribution in [0.3, 0.4) is 0 Å². The van der Waals surface area contributed by atoms with Crippen molar-refractivity contribution in [2.24, 2.45) is 17.3 Å². The van der Waals surface area contributed by atoms with Crippen LogP contribution in [0.15, 0.2) is 48.6 Å². The number of benzene rings is 2. The molecule has 1 saturated carbocycles. The SMILES string of the molecule is CC[C@H]1CN2CCc3c([nH]c4ccccc34)[C@@](C(=O)OC)(c3cc4c(cc3OC)N(C)[C@H]3[C@@](O)(C(=O)OC)[C@H](OC(C)=O)[C@]5(CC)C=CCN6CC[C@]43[C@@H]65)C[C@@H](C2)[C@H]1O. The minimum atomic E-state index is -2.31. The molecule has 1 spiro atoms. The van der Waals surface area contributed by atoms with E-state index >= 15 is 4.79 Å². The van der Waals surface area contributed by atoms with Crippen LogP contribution in [0.5, 0.6) is 5.75 Å². The minimum absolute atomic E-state index is 0.0295. The first-order chi connectivity index (χ1) is 28.3. The van der Waals surface area contributed by atoms with Crippen LogP contribution in [0.2, 0.25) is 0 Å². The van der Waals surface area contributed by atoms with Gasteiger partial charge in [0.15, 0.2) is 6.10 Å². The maximum absolute atomic E-state index is 15.3. The van der Waals surface area contributed by atoms with Crippen molar-refractivity contribution in [2.45, 2.75) is 93.6 Å². The highest BCUT2D eigenvalue weighted by molar-refractivity contribution is 5.95. The van der Waals surface area contributed by atoms with E-state index in [1.807, 2.05) is 49.2 Å². The number of fused-ring (bicyclic) bond motifs is 6. The van der Waals surface area contributed by atoms with E-state index in [-0.39, 0.29) is 24.3 Å². The summed E-state index contributed by atoms with van der Waals surface area (Å²) in [6, 6.07) is 10.9. The maximum atomic E-state index is 15.3. The van der Waals surface area contributed by atoms with Crippen molar-refractivity contribution in [1.29, 1.82) is 0 Å². The second kappa shape index (κ2) is 14.1. The van der Waals surface area contributed by atoms with Gasteiger partial charge < -0.3 is 43.9 Å². The third kappa shape index (κ3) is 5.13. The predicted molar refractivity (Wildman–Crippen MR) is 220 cm³/mol. The Hall–Kier alpha value is -4.43. The number of aliphatic hydroxyl groups excluding tert-OH is 1. The molecule has 3 N–H and O–H groups in total. The molecule has 13 nitrogen and oxygen atoms in total. The number of carbonyl (C=O) groups is 3. The molecule has 1 aliphatic carbocycles. The number of anilines is 1. The lowest BCUT2D eigenvalue weighted by Crippen LogP contribution is -2.81. The summed E-state index contributed by atoms with van der Waals surface area (Å²) in [6.07, 6.45) is 4.91. The van der Waals surface area contributed by atoms with Gasteiger partial charge in [0, 0.05) is 90.9 Å². The largest absolute Gasteiger partial charge is 0.496 e. The molecule has 11 atom stereocenters. The number of piperidine rings is 1. The monoisotopic (exact) mass is 810 g/mol. The number of carbonyl (C=O) groups excluding carboxylic acids is 3. The van der Waals surface area contributed by atoms with Crippen molar-refractivity contribution in [3.05, 3.63) is 70.9 Å². The number of aliphatic hydroxyl groups is 2. The molecule has 2 aromatic carbocycles. The van der Waals surface area contributed by atoms with Crippen molar-refractivity contribution in [3.63, 3.8) is 0 Å². The van der Waals surface area contributed by atoms with Gasteiger partial charge in [-0.05, 0) is 73.7 Å². The van der Waals surface area contributed by atoms with Gasteiger partial charge in [0.25, 0.3) is 0 Å². The molecular weight excluding hydrogens is 753 g/mol. The zero-order valence-corrected chi connectivity index (χ0v) is 35.2. The lowest BCUT2D eigenvalue weighted by atomic mass is 9.47. The van der Waals surface area contributed by atoms with Gasteiger partial charge in [0.05, 0.1) is 33.5 Å². The molecule has 2 saturated heterocycles. The fourth-order valence-electron chi connectivity index (χ4n) is 13.5. The van der Waals surface area contributed by atoms with E-state index in [4.69, 9.17) is 18.9 Å². The molecule has 316 valence electrons. The molecular formula is C46H58N4O9. The Morgan fingerprint density at radius 3 is 2.44 bits per heavy atom. The second-order valence-corrected chi connectivity index (χ2v) is 18.0. The van der Waals surface area contributed by atoms with Crippen LogP contribution in [-0.2, 0) is 45.8 Å². The smallest absolute Gasteiger partial charge is 0.344 e. The Balaban J connectivity index is 1.37. The zero-order valence-electron chi connectivity index (χ0n) is 35.2. The number of methoxy groups -OCH3 is 3. The summed E-state index contributed by atoms with van der Waals surface area (Å²) in [6.45, 7) is 8.89. The third-order valence-corrected chi connectivity index (χ3v) is 15.7. The van der Waals surface area contributed by atoms with Gasteiger partial charge in [-0.25, -0.2) is 4.79 Å². The number of aromatic amines is 1. The van der Waals surface area contributed by atoms with E-state index in [1.165, 1.54) is 21.1 Å². The fraction of sp³-hybridized carbons (Fsp3) is 0.587. The van der Waals surface area contributed by atoms with Crippen molar-refractivity contribution in [1.82, 2.24) is 14.8 Å². The molecule has 0 amide bonds. The Bertz CT molecular complexity index is 2240. The van der Waals surface area contributed by atoms with E-state index in [1.54, 1.807) is 7.11 Å². The number of hydrogen-bond acceptors (Lipinski definition) is 12. The van der Waals surface area contributed by atoms with Gasteiger partial charge in [-0.1, -0.05) is 44.2 Å². The Kier molecular flexibility index (Phi) is 9.54. The number of esters is 3. The first kappa shape index (κ1) is 40.0. The van der Waals surface area contributed by atoms with Crippen LogP contribution in [0.4, 0.5) is 5.69 Å². The zero-order chi connectivity index (χ0) is 41.8. The topological polar surface area (TPSA) is 154 Å². The van der Waals surface area contributed by atoms with Crippen molar-refractivity contribution in [3.8, 4) is 5.75 Å². The molecule has 3 aromatic rings. The second-order valence-electron chi connectivity index (χ2n) is 18.0. The van der Waals surface area contributed by atoms with E-state index in [9.17, 15) is 19.8 Å². The quantitative estimate of drug-likeness (QED) is 0.181. The number of likely N-dealkylation sites (N-methyl/N-ethyl adjacent to an activating group) is 1. The van der Waals surface area contributed by atoms with Crippen LogP contribution >= 0.6 is 0 Å². The predicted octanol–water partition coefficient (Wildman–Crippen LogP) is 3.85. The summed E-state index contributed by atoms with van der Waals surface area (Å²) in [7, 11) is 6.13. The van der Waals surface area contributed by atoms with Gasteiger partial charge in [-0.15, -0.1) is 0 Å². The molecule has 59 heavy (non-hydrogen) atoms. The third-order valence-electron chi connectivity index (χ3n) is 15.7. The molecule has 2 bridgehead atoms. The van der Waals surface area contributed by atoms with Crippen LogP contribution in [0.1, 0.15) is 68.8 Å². The van der Waals surface area contributed by atoms with E-state index < -0.39 is 58.0 Å². The normalized spacial score (nSPS) is 37.0. The van der Waals surface area contributed by atoms with Gasteiger partial charge >= 0.3 is 17.9 Å². The Morgan fingerprint density at radius 1 is 0.983 bits per heavy atom. The fourth-order valence-corrected chi connectivity index (χ4v) is 13.5. The van der Waals surface area contributed by atoms with Crippen molar-refractivity contribution >= 4 is 34.5 Å². The van der Waals surface area contributed by atoms with Gasteiger partial charge in [-0.2, -0.15) is 0 Å². The molecule has 1 aromatic heterocycles. The first-order valence-corrected chi connectivity index (χ1v) is 21.3. The molecule has 13 heteroatoms. The number of nitrogens with zero attached hydrogens (tertiary/aromatic N) is 3. The molecule has 1 unspecified atom stereocenters. The first-order valence-electron chi connectivity index (χ1n) is 21.3. The Labute approximate surface area is 345 Å². The number of aromatic nitrogens is 1. The van der Waals surface area contributed by atoms with Crippen molar-refractivity contribution < 1.29 is 43.5 Å². The Morgan fingerprint density at radius 2 is 1.75 bits per heavy atom. The van der Waals surface area contributed by atoms with Gasteiger partial charge in [-0.3, -0.25) is 14.5 Å². The summed E-state index contributed by atoms with van der Waals surface area (Å²) < 4.78 is 23.9. The van der Waals surface area contributed by atoms with E-state index in [2.05, 4.69) is 39.9 Å². The number of H-pyrrole nitrogens is 1. The molecule has 3 fully saturated rings. The van der Waals surface area contributed by atoms with Crippen LogP contribution in [0.25, 0.3) is 10.9 Å². The van der Waals surface area contributed by atoms with Crippen LogP contribution in [-0.4, -0.2) is 134 Å². The summed E-state index contributed by atoms with van der Waals surface area (Å²) in [5, 5.41) is 26.5. The highest BCUT2D eigenvalue weighted by Gasteiger charge is 2.80. The van der Waals surface area contributed by atoms with E-state index in [0.717, 1.165) is 52.9 Å². The molecule has 9 rings (SSSR count).